The second-order valence-corrected chi connectivity index (χ2v) is 7.39. The van der Waals surface area contributed by atoms with Gasteiger partial charge in [0.2, 0.25) is 5.91 Å². The quantitative estimate of drug-likeness (QED) is 0.775. The molecule has 0 aliphatic carbocycles. The number of amides is 1. The molecule has 0 saturated carbocycles. The summed E-state index contributed by atoms with van der Waals surface area (Å²) in [6, 6.07) is 9.87. The third-order valence-corrected chi connectivity index (χ3v) is 5.10. The van der Waals surface area contributed by atoms with E-state index >= 15 is 0 Å². The van der Waals surface area contributed by atoms with Crippen molar-refractivity contribution in [2.75, 3.05) is 19.8 Å². The summed E-state index contributed by atoms with van der Waals surface area (Å²) in [5, 5.41) is 3.00. The van der Waals surface area contributed by atoms with Gasteiger partial charge in [-0.1, -0.05) is 6.07 Å². The van der Waals surface area contributed by atoms with Crippen molar-refractivity contribution in [2.24, 2.45) is 0 Å². The fourth-order valence-corrected chi connectivity index (χ4v) is 3.69. The normalized spacial score (nSPS) is 16.7. The van der Waals surface area contributed by atoms with Gasteiger partial charge in [0, 0.05) is 30.5 Å². The zero-order chi connectivity index (χ0) is 20.2. The predicted octanol–water partition coefficient (Wildman–Crippen LogP) is 3.43. The molecule has 2 aromatic rings. The molecule has 6 nitrogen and oxygen atoms in total. The highest BCUT2D eigenvalue weighted by molar-refractivity contribution is 5.76. The molecule has 2 aliphatic heterocycles. The molecular formula is C23H27NO5. The van der Waals surface area contributed by atoms with E-state index in [0.717, 1.165) is 46.1 Å². The van der Waals surface area contributed by atoms with Crippen LogP contribution >= 0.6 is 0 Å². The molecule has 0 saturated heterocycles. The van der Waals surface area contributed by atoms with E-state index in [9.17, 15) is 4.79 Å². The van der Waals surface area contributed by atoms with Crippen molar-refractivity contribution in [1.82, 2.24) is 5.32 Å². The summed E-state index contributed by atoms with van der Waals surface area (Å²) in [7, 11) is 0. The monoisotopic (exact) mass is 397 g/mol. The number of benzene rings is 2. The van der Waals surface area contributed by atoms with Crippen LogP contribution in [0.5, 0.6) is 23.0 Å². The minimum absolute atomic E-state index is 0.00266. The number of rotatable bonds is 7. The molecule has 1 unspecified atom stereocenters. The summed E-state index contributed by atoms with van der Waals surface area (Å²) < 4.78 is 22.8. The van der Waals surface area contributed by atoms with Crippen LogP contribution in [0.15, 0.2) is 30.3 Å². The maximum absolute atomic E-state index is 12.4. The lowest BCUT2D eigenvalue weighted by Gasteiger charge is -2.18. The van der Waals surface area contributed by atoms with Gasteiger partial charge >= 0.3 is 0 Å². The van der Waals surface area contributed by atoms with Crippen LogP contribution in [0.4, 0.5) is 0 Å². The molecule has 1 amide bonds. The summed E-state index contributed by atoms with van der Waals surface area (Å²) in [5.41, 5.74) is 3.15. The number of fused-ring (bicyclic) bond motifs is 2. The predicted molar refractivity (Wildman–Crippen MR) is 109 cm³/mol. The van der Waals surface area contributed by atoms with E-state index in [1.807, 2.05) is 37.3 Å². The van der Waals surface area contributed by atoms with Crippen LogP contribution in [0.1, 0.15) is 37.0 Å². The van der Waals surface area contributed by atoms with Crippen molar-refractivity contribution in [3.63, 3.8) is 0 Å². The average molecular weight is 397 g/mol. The first-order valence-corrected chi connectivity index (χ1v) is 10.2. The maximum Gasteiger partial charge on any atom is 0.220 e. The number of ether oxygens (including phenoxy) is 4. The fourth-order valence-electron chi connectivity index (χ4n) is 3.69. The van der Waals surface area contributed by atoms with Gasteiger partial charge in [-0.2, -0.15) is 0 Å². The molecule has 6 heteroatoms. The number of nitrogens with one attached hydrogen (secondary N) is 1. The van der Waals surface area contributed by atoms with E-state index in [-0.39, 0.29) is 12.0 Å². The molecule has 0 bridgehead atoms. The van der Waals surface area contributed by atoms with Gasteiger partial charge < -0.3 is 24.3 Å². The second kappa shape index (κ2) is 8.64. The number of carbonyl (C=O) groups excluding carboxylic acids is 1. The Morgan fingerprint density at radius 1 is 1.14 bits per heavy atom. The van der Waals surface area contributed by atoms with Crippen molar-refractivity contribution in [2.45, 2.75) is 45.8 Å². The van der Waals surface area contributed by atoms with Gasteiger partial charge in [0.15, 0.2) is 11.5 Å². The molecule has 1 N–H and O–H groups in total. The molecule has 0 radical (unpaired) electrons. The maximum atomic E-state index is 12.4. The average Bonchev–Trinajstić information content (AvgIpc) is 3.09. The topological polar surface area (TPSA) is 66.0 Å². The lowest BCUT2D eigenvalue weighted by molar-refractivity contribution is -0.121. The Morgan fingerprint density at radius 3 is 2.79 bits per heavy atom. The minimum Gasteiger partial charge on any atom is -0.494 e. The van der Waals surface area contributed by atoms with Crippen LogP contribution in [-0.2, 0) is 24.2 Å². The summed E-state index contributed by atoms with van der Waals surface area (Å²) in [6.45, 7) is 6.15. The largest absolute Gasteiger partial charge is 0.494 e. The molecule has 29 heavy (non-hydrogen) atoms. The molecule has 2 aromatic carbocycles. The molecule has 2 heterocycles. The molecule has 0 aromatic heterocycles. The van der Waals surface area contributed by atoms with Crippen molar-refractivity contribution >= 4 is 5.91 Å². The zero-order valence-electron chi connectivity index (χ0n) is 17.0. The van der Waals surface area contributed by atoms with E-state index in [4.69, 9.17) is 18.9 Å². The Balaban J connectivity index is 1.34. The second-order valence-electron chi connectivity index (χ2n) is 7.39. The van der Waals surface area contributed by atoms with E-state index in [2.05, 4.69) is 12.2 Å². The van der Waals surface area contributed by atoms with E-state index in [0.29, 0.717) is 39.2 Å². The highest BCUT2D eigenvalue weighted by atomic mass is 16.6. The summed E-state index contributed by atoms with van der Waals surface area (Å²) in [6.07, 6.45) is 2.11. The van der Waals surface area contributed by atoms with Crippen molar-refractivity contribution in [3.05, 3.63) is 47.0 Å². The molecular weight excluding hydrogens is 370 g/mol. The first-order chi connectivity index (χ1) is 14.1. The first kappa shape index (κ1) is 19.4. The van der Waals surface area contributed by atoms with Crippen LogP contribution in [0, 0.1) is 0 Å². The van der Waals surface area contributed by atoms with Gasteiger partial charge in [-0.05, 0) is 50.1 Å². The summed E-state index contributed by atoms with van der Waals surface area (Å²) in [4.78, 5) is 12.4. The lowest BCUT2D eigenvalue weighted by atomic mass is 10.1. The Morgan fingerprint density at radius 2 is 1.97 bits per heavy atom. The van der Waals surface area contributed by atoms with Gasteiger partial charge in [-0.15, -0.1) is 0 Å². The van der Waals surface area contributed by atoms with Gasteiger partial charge in [-0.25, -0.2) is 0 Å². The summed E-state index contributed by atoms with van der Waals surface area (Å²) >= 11 is 0. The van der Waals surface area contributed by atoms with E-state index in [1.165, 1.54) is 0 Å². The smallest absolute Gasteiger partial charge is 0.220 e. The standard InChI is InChI=1S/C23H27NO5/c1-3-26-20-12-17-10-15(2)29-21(17)13-18(20)14-24-23(25)7-5-16-4-6-19-22(11-16)28-9-8-27-19/h4,6,11-13,15H,3,5,7-10,14H2,1-2H3,(H,24,25). The highest BCUT2D eigenvalue weighted by Gasteiger charge is 2.22. The van der Waals surface area contributed by atoms with Crippen molar-refractivity contribution in [1.29, 1.82) is 0 Å². The number of hydrogen-bond donors (Lipinski definition) is 1. The Hall–Kier alpha value is -2.89. The Kier molecular flexibility index (Phi) is 5.79. The highest BCUT2D eigenvalue weighted by Crippen LogP contribution is 2.35. The Bertz CT molecular complexity index is 895. The van der Waals surface area contributed by atoms with Crippen molar-refractivity contribution in [3.8, 4) is 23.0 Å². The van der Waals surface area contributed by atoms with Crippen LogP contribution in [-0.4, -0.2) is 31.8 Å². The van der Waals surface area contributed by atoms with Crippen LogP contribution in [0.2, 0.25) is 0 Å². The summed E-state index contributed by atoms with van der Waals surface area (Å²) in [5.74, 6) is 3.22. The molecule has 0 spiro atoms. The lowest BCUT2D eigenvalue weighted by Crippen LogP contribution is -2.23. The van der Waals surface area contributed by atoms with E-state index < -0.39 is 0 Å². The third-order valence-electron chi connectivity index (χ3n) is 5.10. The van der Waals surface area contributed by atoms with Gasteiger partial charge in [0.05, 0.1) is 6.61 Å². The minimum atomic E-state index is -0.00266. The van der Waals surface area contributed by atoms with Gasteiger partial charge in [0.25, 0.3) is 0 Å². The SMILES string of the molecule is CCOc1cc2c(cc1CNC(=O)CCc1ccc3c(c1)OCCO3)OC(C)C2. The van der Waals surface area contributed by atoms with Crippen molar-refractivity contribution < 1.29 is 23.7 Å². The van der Waals surface area contributed by atoms with Crippen LogP contribution < -0.4 is 24.3 Å². The van der Waals surface area contributed by atoms with Crippen LogP contribution in [0.25, 0.3) is 0 Å². The van der Waals surface area contributed by atoms with E-state index in [1.54, 1.807) is 0 Å². The molecule has 1 atom stereocenters. The third kappa shape index (κ3) is 4.58. The van der Waals surface area contributed by atoms with Gasteiger partial charge in [-0.3, -0.25) is 4.79 Å². The van der Waals surface area contributed by atoms with Crippen LogP contribution in [0.3, 0.4) is 0 Å². The zero-order valence-corrected chi connectivity index (χ0v) is 17.0. The Labute approximate surface area is 171 Å². The van der Waals surface area contributed by atoms with Gasteiger partial charge in [0.1, 0.15) is 30.8 Å². The number of carbonyl (C=O) groups is 1. The number of hydrogen-bond acceptors (Lipinski definition) is 5. The molecule has 2 aliphatic rings. The first-order valence-electron chi connectivity index (χ1n) is 10.2. The molecule has 154 valence electrons. The number of aryl methyl sites for hydroxylation is 1. The fraction of sp³-hybridized carbons (Fsp3) is 0.435. The molecule has 4 rings (SSSR count). The molecule has 0 fully saturated rings.